The molecule has 1 aliphatic carbocycles. The second kappa shape index (κ2) is 34.5. The van der Waals surface area contributed by atoms with Crippen molar-refractivity contribution in [3.05, 3.63) is 166 Å². The first-order valence-electron chi connectivity index (χ1n) is 36.3. The number of carbonyl (C=O) groups is 4. The lowest BCUT2D eigenvalue weighted by atomic mass is 9.72. The van der Waals surface area contributed by atoms with Crippen LogP contribution in [0.5, 0.6) is 11.6 Å². The second-order valence-corrected chi connectivity index (χ2v) is 35.2. The Bertz CT molecular complexity index is 4620. The van der Waals surface area contributed by atoms with Crippen molar-refractivity contribution in [2.24, 2.45) is 11.3 Å². The van der Waals surface area contributed by atoms with Gasteiger partial charge in [-0.15, -0.1) is 23.1 Å². The third-order valence-electron chi connectivity index (χ3n) is 20.6. The molecule has 7 aromatic rings. The highest BCUT2D eigenvalue weighted by Crippen LogP contribution is 2.45. The summed E-state index contributed by atoms with van der Waals surface area (Å²) in [5.41, 5.74) is 2.59. The number of thiazole rings is 1. The van der Waals surface area contributed by atoms with Gasteiger partial charge in [0.1, 0.15) is 29.2 Å². The number of hydrogen-bond acceptors (Lipinski definition) is 21. The summed E-state index contributed by atoms with van der Waals surface area (Å²) in [6, 6.07) is 30.8. The van der Waals surface area contributed by atoms with Crippen LogP contribution in [0.4, 0.5) is 24.5 Å². The van der Waals surface area contributed by atoms with Gasteiger partial charge in [0.2, 0.25) is 17.7 Å². The number of carbonyl (C=O) groups excluding carboxylic acids is 4. The van der Waals surface area contributed by atoms with Gasteiger partial charge < -0.3 is 49.5 Å². The smallest absolute Gasteiger partial charge is 0.487 e. The van der Waals surface area contributed by atoms with E-state index >= 15 is 0 Å². The average molecular weight is 1580 g/mol. The Morgan fingerprint density at radius 2 is 1.63 bits per heavy atom. The number of fused-ring (bicyclic) bond motifs is 3. The molecular weight excluding hydrogens is 1490 g/mol. The molecule has 5 N–H and O–H groups in total. The molecule has 23 nitrogen and oxygen atoms in total. The number of aliphatic hydroxyl groups excluding tert-OH is 2. The van der Waals surface area contributed by atoms with E-state index in [9.17, 15) is 59.4 Å². The highest BCUT2D eigenvalue weighted by atomic mass is 35.5. The SMILES string of the molecule is CC(C)[C@H](C(=O)N1C[C@H](O)C[C@H]1C(=O)NCc1ccc2c(c1)OCc1ncsc1-2)c1cc(OCCCCC(=O)N2CCN(CC[C@H](CSc3ccccc3)Nc3ccc(S(=O)(=O)NC(=O)c4ccc(N5CCN(CC6=C(c7ccc(Cl)cc7)CCC(C)(C)C6)C[C@H]5CO)cc4)cc3S(=O)(=O)C(F)(F)F)CC2)no1. The topological polar surface area (TPSA) is 287 Å². The number of halogens is 4. The molecule has 4 aliphatic heterocycles. The van der Waals surface area contributed by atoms with E-state index in [-0.39, 0.29) is 85.4 Å². The van der Waals surface area contributed by atoms with E-state index in [1.54, 1.807) is 28.6 Å². The molecule has 3 fully saturated rings. The van der Waals surface area contributed by atoms with Gasteiger partial charge in [0.15, 0.2) is 5.76 Å². The van der Waals surface area contributed by atoms with Crippen molar-refractivity contribution in [3.63, 3.8) is 0 Å². The van der Waals surface area contributed by atoms with E-state index in [0.717, 1.165) is 70.1 Å². The van der Waals surface area contributed by atoms with Gasteiger partial charge in [-0.3, -0.25) is 29.0 Å². The number of hydrogen-bond donors (Lipinski definition) is 5. The molecular formula is C77H90ClF3N10O13S4. The lowest BCUT2D eigenvalue weighted by Crippen LogP contribution is -2.55. The predicted octanol–water partition coefficient (Wildman–Crippen LogP) is 11.3. The number of anilines is 2. The number of likely N-dealkylation sites (tertiary alicyclic amines) is 1. The summed E-state index contributed by atoms with van der Waals surface area (Å²) >= 11 is 9.16. The van der Waals surface area contributed by atoms with Crippen molar-refractivity contribution in [2.75, 3.05) is 94.6 Å². The monoisotopic (exact) mass is 1580 g/mol. The van der Waals surface area contributed by atoms with Gasteiger partial charge in [-0.25, -0.2) is 26.5 Å². The average Bonchev–Trinajstić information content (AvgIpc) is 0.930. The minimum Gasteiger partial charge on any atom is -0.487 e. The summed E-state index contributed by atoms with van der Waals surface area (Å²) in [5.74, 6) is -1.77. The number of aliphatic hydroxyl groups is 2. The van der Waals surface area contributed by atoms with E-state index in [2.05, 4.69) is 56.6 Å². The fraction of sp³-hybridized carbons (Fsp3) is 0.455. The number of alkyl halides is 3. The van der Waals surface area contributed by atoms with Crippen LogP contribution in [-0.2, 0) is 47.4 Å². The van der Waals surface area contributed by atoms with E-state index in [1.165, 1.54) is 51.3 Å². The molecule has 0 radical (unpaired) electrons. The largest absolute Gasteiger partial charge is 0.501 e. The van der Waals surface area contributed by atoms with Crippen molar-refractivity contribution in [1.29, 1.82) is 0 Å². The van der Waals surface area contributed by atoms with E-state index in [1.807, 2.05) is 84.1 Å². The molecule has 578 valence electrons. The normalized spacial score (nSPS) is 19.1. The van der Waals surface area contributed by atoms with Crippen LogP contribution in [0.3, 0.4) is 0 Å². The maximum atomic E-state index is 14.6. The van der Waals surface area contributed by atoms with E-state index in [0.29, 0.717) is 101 Å². The van der Waals surface area contributed by atoms with Crippen LogP contribution in [0, 0.1) is 11.3 Å². The van der Waals surface area contributed by atoms with Crippen molar-refractivity contribution in [1.82, 2.24) is 39.8 Å². The molecule has 12 rings (SSSR count). The fourth-order valence-electron chi connectivity index (χ4n) is 14.7. The van der Waals surface area contributed by atoms with Gasteiger partial charge in [0.05, 0.1) is 52.0 Å². The Morgan fingerprint density at radius 1 is 0.880 bits per heavy atom. The van der Waals surface area contributed by atoms with Gasteiger partial charge in [-0.2, -0.15) is 13.2 Å². The number of benzene rings is 5. The third kappa shape index (κ3) is 19.2. The minimum absolute atomic E-state index is 0.0365. The van der Waals surface area contributed by atoms with Crippen molar-refractivity contribution in [2.45, 2.75) is 143 Å². The van der Waals surface area contributed by atoms with Gasteiger partial charge in [0, 0.05) is 129 Å². The summed E-state index contributed by atoms with van der Waals surface area (Å²) in [5, 5.41) is 32.1. The molecule has 0 unspecified atom stereocenters. The molecule has 3 saturated heterocycles. The number of thioether (sulfide) groups is 1. The quantitative estimate of drug-likeness (QED) is 0.0215. The molecule has 0 saturated carbocycles. The van der Waals surface area contributed by atoms with Crippen molar-refractivity contribution in [3.8, 4) is 22.1 Å². The number of sulfone groups is 1. The second-order valence-electron chi connectivity index (χ2n) is 29.2. The molecule has 5 atom stereocenters. The third-order valence-corrected chi connectivity index (χ3v) is 25.8. The summed E-state index contributed by atoms with van der Waals surface area (Å²) in [7, 11) is -11.2. The Morgan fingerprint density at radius 3 is 2.36 bits per heavy atom. The molecule has 2 aromatic heterocycles. The Hall–Kier alpha value is -8.07. The van der Waals surface area contributed by atoms with Crippen LogP contribution >= 0.6 is 34.7 Å². The van der Waals surface area contributed by atoms with Gasteiger partial charge >= 0.3 is 5.51 Å². The van der Waals surface area contributed by atoms with Crippen LogP contribution in [0.2, 0.25) is 5.02 Å². The number of rotatable bonds is 29. The number of amides is 4. The molecule has 5 aliphatic rings. The van der Waals surface area contributed by atoms with Crippen LogP contribution in [0.15, 0.2) is 152 Å². The molecule has 0 bridgehead atoms. The zero-order valence-corrected chi connectivity index (χ0v) is 64.5. The van der Waals surface area contributed by atoms with Crippen molar-refractivity contribution >= 4 is 95.1 Å². The zero-order valence-electron chi connectivity index (χ0n) is 60.5. The van der Waals surface area contributed by atoms with E-state index < -0.39 is 82.7 Å². The number of unbranched alkanes of at least 4 members (excludes halogenated alkanes) is 1. The molecule has 0 spiro atoms. The lowest BCUT2D eigenvalue weighted by molar-refractivity contribution is -0.141. The maximum absolute atomic E-state index is 14.6. The minimum atomic E-state index is -6.21. The Kier molecular flexibility index (Phi) is 25.4. The Balaban J connectivity index is 0.612. The van der Waals surface area contributed by atoms with Gasteiger partial charge in [-0.05, 0) is 151 Å². The Labute approximate surface area is 640 Å². The highest BCUT2D eigenvalue weighted by Gasteiger charge is 2.49. The summed E-state index contributed by atoms with van der Waals surface area (Å²) in [4.78, 5) is 68.8. The summed E-state index contributed by atoms with van der Waals surface area (Å²) in [6.45, 7) is 13.4. The number of aromatic nitrogens is 2. The number of allylic oxidation sites excluding steroid dienone is 1. The zero-order chi connectivity index (χ0) is 76.7. The first-order valence-corrected chi connectivity index (χ1v) is 41.5. The fourth-order valence-corrected chi connectivity index (χ4v) is 18.7. The first-order chi connectivity index (χ1) is 51.6. The predicted molar refractivity (Wildman–Crippen MR) is 407 cm³/mol. The number of nitrogens with one attached hydrogen (secondary N) is 3. The summed E-state index contributed by atoms with van der Waals surface area (Å²) < 4.78 is 118. The van der Waals surface area contributed by atoms with Crippen LogP contribution < -0.4 is 29.7 Å². The van der Waals surface area contributed by atoms with Crippen molar-refractivity contribution < 1.29 is 73.4 Å². The number of nitrogens with zero attached hydrogens (tertiary/aromatic N) is 7. The summed E-state index contributed by atoms with van der Waals surface area (Å²) in [6.07, 6.45) is 3.57. The first kappa shape index (κ1) is 79.5. The van der Waals surface area contributed by atoms with Crippen LogP contribution in [-0.4, -0.2) is 195 Å². The van der Waals surface area contributed by atoms with Gasteiger partial charge in [-0.1, -0.05) is 81.3 Å². The number of β-amino-alcohol motifs (C(OH)–C–C–N with tert-alkyl or cyclic N) is 1. The van der Waals surface area contributed by atoms with Gasteiger partial charge in [0.25, 0.3) is 31.6 Å². The molecule has 108 heavy (non-hydrogen) atoms. The molecule has 31 heteroatoms. The van der Waals surface area contributed by atoms with Crippen LogP contribution in [0.1, 0.15) is 118 Å². The molecule has 4 amide bonds. The lowest BCUT2D eigenvalue weighted by Gasteiger charge is -2.43. The molecule has 5 aromatic carbocycles. The highest BCUT2D eigenvalue weighted by molar-refractivity contribution is 7.99. The number of sulfonamides is 1. The standard InChI is InChI=1S/C77H90ClF3N10O13S4/c1-49(2)71(75(97)91-44-58(93)37-65(91)74(96)82-41-50-13-23-62-66(36-50)103-46-64-72(62)106-48-83-64)67-39-69(85-104-67)102-35-9-8-12-70(94)89-32-29-87(30-33-89)28-26-55(47-105-59-10-6-5-7-11-59)84-63-24-22-60(38-68(63)107(98,99)77(79,80)81)108(100,101)86-73(95)52-16-20-56(21-17-52)90-34-31-88(43-57(90)45-92)42-53-40-76(3,4)27-25-61(53)51-14-18-54(78)19-15-51/h5-7,10-11,13-24,36,38-39,48-49,55,57-58,65,71,84,92-93H,8-9,12,25-35,37,40-47H2,1-4H3,(H,82,96)(H,86,95)/t55-,57+,58-,65+,71+/m1/s1. The molecule has 6 heterocycles. The van der Waals surface area contributed by atoms with E-state index in [4.69, 9.17) is 25.6 Å². The van der Waals surface area contributed by atoms with Crippen LogP contribution in [0.25, 0.3) is 16.0 Å². The maximum Gasteiger partial charge on any atom is 0.501 e. The number of ether oxygens (including phenoxy) is 2. The number of piperazine rings is 2.